The number of H-pyrrole nitrogens is 1. The monoisotopic (exact) mass is 321 g/mol. The number of aliphatic hydroxyl groups is 1. The molecule has 1 fully saturated rings. The Labute approximate surface area is 134 Å². The number of aromatic amines is 1. The minimum atomic E-state index is -0.524. The van der Waals surface area contributed by atoms with Gasteiger partial charge in [0, 0.05) is 31.5 Å². The number of likely N-dealkylation sites (tertiary alicyclic amines) is 1. The minimum absolute atomic E-state index is 0.131. The number of aromatic nitrogens is 1. The molecule has 0 saturated carbocycles. The third kappa shape index (κ3) is 3.40. The Balaban J connectivity index is 1.64. The second kappa shape index (κ2) is 6.72. The van der Waals surface area contributed by atoms with Gasteiger partial charge >= 0.3 is 6.03 Å². The molecule has 0 bridgehead atoms. The van der Waals surface area contributed by atoms with E-state index in [0.717, 1.165) is 25.0 Å². The average molecular weight is 321 g/mol. The molecule has 1 aromatic heterocycles. The van der Waals surface area contributed by atoms with Crippen molar-refractivity contribution in [2.24, 2.45) is 0 Å². The lowest BCUT2D eigenvalue weighted by molar-refractivity contribution is 0.123. The van der Waals surface area contributed by atoms with Crippen LogP contribution in [0.25, 0.3) is 0 Å². The van der Waals surface area contributed by atoms with E-state index >= 15 is 0 Å². The number of hydrogen-bond donors (Lipinski definition) is 3. The maximum Gasteiger partial charge on any atom is 0.318 e. The molecular weight excluding hydrogens is 298 g/mol. The van der Waals surface area contributed by atoms with Gasteiger partial charge in [0.05, 0.1) is 18.8 Å². The number of rotatable bonds is 4. The number of methoxy groups -OCH3 is 1. The Morgan fingerprint density at radius 2 is 2.35 bits per heavy atom. The van der Waals surface area contributed by atoms with Gasteiger partial charge < -0.3 is 25.0 Å². The van der Waals surface area contributed by atoms with Crippen LogP contribution in [0.2, 0.25) is 0 Å². The lowest BCUT2D eigenvalue weighted by Crippen LogP contribution is -2.45. The van der Waals surface area contributed by atoms with Crippen LogP contribution in [-0.4, -0.2) is 53.4 Å². The van der Waals surface area contributed by atoms with E-state index in [0.29, 0.717) is 25.1 Å². The van der Waals surface area contributed by atoms with Crippen LogP contribution in [0.1, 0.15) is 29.7 Å². The number of carbonyl (C=O) groups excluding carboxylic acids is 1. The summed E-state index contributed by atoms with van der Waals surface area (Å²) in [6.45, 7) is 0.873. The third-order valence-electron chi connectivity index (χ3n) is 4.61. The van der Waals surface area contributed by atoms with Gasteiger partial charge in [-0.1, -0.05) is 0 Å². The van der Waals surface area contributed by atoms with Crippen LogP contribution in [-0.2, 0) is 24.1 Å². The van der Waals surface area contributed by atoms with Crippen molar-refractivity contribution >= 4 is 6.03 Å². The highest BCUT2D eigenvalue weighted by molar-refractivity contribution is 5.75. The Hall–Kier alpha value is -1.86. The summed E-state index contributed by atoms with van der Waals surface area (Å²) in [5.74, 6) is 0. The Bertz CT molecular complexity index is 643. The first-order valence-electron chi connectivity index (χ1n) is 8.04. The zero-order valence-electron chi connectivity index (χ0n) is 13.3. The molecule has 3 N–H and O–H groups in total. The van der Waals surface area contributed by atoms with Gasteiger partial charge in [-0.3, -0.25) is 4.79 Å². The summed E-state index contributed by atoms with van der Waals surface area (Å²) in [4.78, 5) is 28.9. The summed E-state index contributed by atoms with van der Waals surface area (Å²) < 4.78 is 5.10. The predicted octanol–water partition coefficient (Wildman–Crippen LogP) is 0.155. The van der Waals surface area contributed by atoms with Crippen molar-refractivity contribution in [3.63, 3.8) is 0 Å². The molecule has 3 rings (SSSR count). The summed E-state index contributed by atoms with van der Waals surface area (Å²) in [5, 5.41) is 12.5. The van der Waals surface area contributed by atoms with E-state index < -0.39 is 6.10 Å². The van der Waals surface area contributed by atoms with Crippen molar-refractivity contribution in [3.05, 3.63) is 33.2 Å². The van der Waals surface area contributed by atoms with Crippen LogP contribution < -0.4 is 10.9 Å². The summed E-state index contributed by atoms with van der Waals surface area (Å²) in [7, 11) is 1.57. The smallest absolute Gasteiger partial charge is 0.318 e. The van der Waals surface area contributed by atoms with Gasteiger partial charge in [0.15, 0.2) is 0 Å². The molecule has 0 spiro atoms. The van der Waals surface area contributed by atoms with Crippen LogP contribution in [0.5, 0.6) is 0 Å². The van der Waals surface area contributed by atoms with E-state index in [-0.39, 0.29) is 24.2 Å². The molecule has 0 aromatic carbocycles. The molecule has 1 aliphatic heterocycles. The molecule has 7 heteroatoms. The number of nitrogens with zero attached hydrogens (tertiary/aromatic N) is 1. The number of carbonyl (C=O) groups is 1. The summed E-state index contributed by atoms with van der Waals surface area (Å²) >= 11 is 0. The first-order chi connectivity index (χ1) is 11.1. The third-order valence-corrected chi connectivity index (χ3v) is 4.61. The van der Waals surface area contributed by atoms with Gasteiger partial charge in [0.1, 0.15) is 0 Å². The molecule has 0 unspecified atom stereocenters. The number of pyridine rings is 1. The number of nitrogens with one attached hydrogen (secondary N) is 2. The number of urea groups is 1. The zero-order chi connectivity index (χ0) is 16.4. The van der Waals surface area contributed by atoms with Crippen molar-refractivity contribution in [2.75, 3.05) is 20.3 Å². The van der Waals surface area contributed by atoms with Gasteiger partial charge in [-0.2, -0.15) is 0 Å². The highest BCUT2D eigenvalue weighted by Gasteiger charge is 2.34. The van der Waals surface area contributed by atoms with Gasteiger partial charge in [-0.05, 0) is 37.3 Å². The number of fused-ring (bicyclic) bond motifs is 1. The summed E-state index contributed by atoms with van der Waals surface area (Å²) in [6, 6.07) is 1.49. The zero-order valence-corrected chi connectivity index (χ0v) is 13.3. The number of ether oxygens (including phenoxy) is 1. The predicted molar refractivity (Wildman–Crippen MR) is 84.3 cm³/mol. The van der Waals surface area contributed by atoms with Crippen molar-refractivity contribution in [3.8, 4) is 0 Å². The largest absolute Gasteiger partial charge is 0.391 e. The van der Waals surface area contributed by atoms with Crippen molar-refractivity contribution in [1.29, 1.82) is 0 Å². The molecule has 1 aromatic rings. The quantitative estimate of drug-likeness (QED) is 0.736. The normalized spacial score (nSPS) is 23.1. The molecule has 0 radical (unpaired) electrons. The van der Waals surface area contributed by atoms with Gasteiger partial charge in [-0.25, -0.2) is 4.79 Å². The van der Waals surface area contributed by atoms with Crippen LogP contribution in [0.15, 0.2) is 10.9 Å². The van der Waals surface area contributed by atoms with Crippen LogP contribution >= 0.6 is 0 Å². The van der Waals surface area contributed by atoms with Gasteiger partial charge in [-0.15, -0.1) is 0 Å². The Morgan fingerprint density at radius 3 is 3.13 bits per heavy atom. The van der Waals surface area contributed by atoms with Crippen LogP contribution in [0, 0.1) is 0 Å². The van der Waals surface area contributed by atoms with E-state index in [2.05, 4.69) is 10.3 Å². The second-order valence-electron chi connectivity index (χ2n) is 6.29. The molecule has 2 atom stereocenters. The molecule has 1 saturated heterocycles. The molecule has 7 nitrogen and oxygen atoms in total. The molecule has 126 valence electrons. The molecule has 2 amide bonds. The van der Waals surface area contributed by atoms with E-state index in [4.69, 9.17) is 4.74 Å². The topological polar surface area (TPSA) is 94.7 Å². The van der Waals surface area contributed by atoms with Crippen molar-refractivity contribution in [1.82, 2.24) is 15.2 Å². The SMILES string of the molecule is COC[C@H]1C[C@@H](O)CN1C(=O)NCc1cc2c([nH]c1=O)CCC2. The standard InChI is InChI=1S/C16H23N3O4/c1-23-9-12-6-13(20)8-19(12)16(22)17-7-11-5-10-3-2-4-14(10)18-15(11)21/h5,12-13,20H,2-4,6-9H2,1H3,(H,17,22)(H,18,21)/t12-,13-/m1/s1. The molecule has 1 aliphatic carbocycles. The number of hydrogen-bond acceptors (Lipinski definition) is 4. The van der Waals surface area contributed by atoms with Crippen molar-refractivity contribution in [2.45, 2.75) is 44.4 Å². The summed E-state index contributed by atoms with van der Waals surface area (Å²) in [5.41, 5.74) is 2.62. The maximum absolute atomic E-state index is 12.3. The maximum atomic E-state index is 12.3. The highest BCUT2D eigenvalue weighted by Crippen LogP contribution is 2.20. The van der Waals surface area contributed by atoms with E-state index in [1.165, 1.54) is 5.56 Å². The lowest BCUT2D eigenvalue weighted by atomic mass is 10.1. The van der Waals surface area contributed by atoms with Crippen LogP contribution in [0.4, 0.5) is 4.79 Å². The fourth-order valence-electron chi connectivity index (χ4n) is 3.46. The highest BCUT2D eigenvalue weighted by atomic mass is 16.5. The molecule has 2 heterocycles. The second-order valence-corrected chi connectivity index (χ2v) is 6.29. The molecule has 23 heavy (non-hydrogen) atoms. The number of aliphatic hydroxyl groups excluding tert-OH is 1. The minimum Gasteiger partial charge on any atom is -0.391 e. The Morgan fingerprint density at radius 1 is 1.52 bits per heavy atom. The summed E-state index contributed by atoms with van der Waals surface area (Å²) in [6.07, 6.45) is 2.94. The van der Waals surface area contributed by atoms with E-state index in [1.807, 2.05) is 6.07 Å². The average Bonchev–Trinajstić information content (AvgIpc) is 3.11. The Kier molecular flexibility index (Phi) is 4.68. The first kappa shape index (κ1) is 16.0. The molecular formula is C16H23N3O4. The fraction of sp³-hybridized carbons (Fsp3) is 0.625. The van der Waals surface area contributed by atoms with Gasteiger partial charge in [0.2, 0.25) is 0 Å². The van der Waals surface area contributed by atoms with Crippen LogP contribution in [0.3, 0.4) is 0 Å². The van der Waals surface area contributed by atoms with E-state index in [1.54, 1.807) is 12.0 Å². The van der Waals surface area contributed by atoms with E-state index in [9.17, 15) is 14.7 Å². The number of β-amino-alcohol motifs (C(OH)–C–C–N with tert-alkyl or cyclic N) is 1. The number of aryl methyl sites for hydroxylation is 2. The fourth-order valence-corrected chi connectivity index (χ4v) is 3.46. The molecule has 2 aliphatic rings. The lowest BCUT2D eigenvalue weighted by Gasteiger charge is -2.24. The first-order valence-corrected chi connectivity index (χ1v) is 8.04. The van der Waals surface area contributed by atoms with Crippen molar-refractivity contribution < 1.29 is 14.6 Å². The number of amides is 2. The van der Waals surface area contributed by atoms with Gasteiger partial charge in [0.25, 0.3) is 5.56 Å².